The zero-order valence-electron chi connectivity index (χ0n) is 10.7. The first kappa shape index (κ1) is 14.6. The Kier molecular flexibility index (Phi) is 4.83. The van der Waals surface area contributed by atoms with Crippen molar-refractivity contribution in [1.82, 2.24) is 0 Å². The Morgan fingerprint density at radius 2 is 1.78 bits per heavy atom. The fraction of sp³-hybridized carbons (Fsp3) is 0.636. The molecule has 0 aromatic carbocycles. The molecule has 0 radical (unpaired) electrons. The van der Waals surface area contributed by atoms with Gasteiger partial charge in [-0.25, -0.2) is 0 Å². The number of ether oxygens (including phenoxy) is 5. The van der Waals surface area contributed by atoms with Crippen molar-refractivity contribution in [2.45, 2.75) is 32.2 Å². The summed E-state index contributed by atoms with van der Waals surface area (Å²) in [6.45, 7) is 2.37. The Hall–Kier alpha value is -1.44. The summed E-state index contributed by atoms with van der Waals surface area (Å²) < 4.78 is 25.3. The van der Waals surface area contributed by atoms with Crippen LogP contribution in [0.15, 0.2) is 12.2 Å². The van der Waals surface area contributed by atoms with Crippen molar-refractivity contribution in [3.05, 3.63) is 12.2 Å². The fourth-order valence-corrected chi connectivity index (χ4v) is 1.44. The van der Waals surface area contributed by atoms with Gasteiger partial charge in [-0.2, -0.15) is 0 Å². The predicted octanol–water partition coefficient (Wildman–Crippen LogP) is 0.340. The van der Waals surface area contributed by atoms with Crippen LogP contribution < -0.4 is 0 Å². The maximum atomic E-state index is 11.0. The Bertz CT molecular complexity index is 335. The number of rotatable bonds is 5. The van der Waals surface area contributed by atoms with Crippen molar-refractivity contribution < 1.29 is 33.3 Å². The average Bonchev–Trinajstić information content (AvgIpc) is 2.71. The lowest BCUT2D eigenvalue weighted by molar-refractivity contribution is -0.325. The molecule has 0 saturated heterocycles. The Balaban J connectivity index is 2.90. The van der Waals surface area contributed by atoms with Gasteiger partial charge in [0.15, 0.2) is 6.29 Å². The lowest BCUT2D eigenvalue weighted by Crippen LogP contribution is -2.48. The van der Waals surface area contributed by atoms with Crippen molar-refractivity contribution in [2.75, 3.05) is 14.2 Å². The Morgan fingerprint density at radius 3 is 2.11 bits per heavy atom. The highest BCUT2D eigenvalue weighted by Crippen LogP contribution is 2.31. The van der Waals surface area contributed by atoms with E-state index in [1.165, 1.54) is 34.1 Å². The van der Waals surface area contributed by atoms with Crippen LogP contribution >= 0.6 is 0 Å². The zero-order chi connectivity index (χ0) is 13.8. The first-order chi connectivity index (χ1) is 8.43. The molecule has 18 heavy (non-hydrogen) atoms. The van der Waals surface area contributed by atoms with Gasteiger partial charge in [-0.1, -0.05) is 0 Å². The second kappa shape index (κ2) is 5.94. The Morgan fingerprint density at radius 1 is 1.22 bits per heavy atom. The summed E-state index contributed by atoms with van der Waals surface area (Å²) in [4.78, 5) is 22.0. The van der Waals surface area contributed by atoms with E-state index in [0.29, 0.717) is 0 Å². The Labute approximate surface area is 105 Å². The molecule has 0 spiro atoms. The fourth-order valence-electron chi connectivity index (χ4n) is 1.44. The van der Waals surface area contributed by atoms with Crippen LogP contribution in [-0.2, 0) is 33.3 Å². The van der Waals surface area contributed by atoms with Crippen molar-refractivity contribution in [3.63, 3.8) is 0 Å². The van der Waals surface area contributed by atoms with Gasteiger partial charge in [-0.05, 0) is 12.2 Å². The van der Waals surface area contributed by atoms with Gasteiger partial charge in [0.25, 0.3) is 5.79 Å². The summed E-state index contributed by atoms with van der Waals surface area (Å²) in [7, 11) is 2.77. The largest absolute Gasteiger partial charge is 0.419 e. The molecule has 0 aliphatic carbocycles. The first-order valence-electron chi connectivity index (χ1n) is 5.23. The zero-order valence-corrected chi connectivity index (χ0v) is 10.7. The third-order valence-electron chi connectivity index (χ3n) is 2.21. The summed E-state index contributed by atoms with van der Waals surface area (Å²) in [5.41, 5.74) is 0. The molecule has 0 saturated carbocycles. The number of methoxy groups -OCH3 is 2. The van der Waals surface area contributed by atoms with Crippen LogP contribution in [0.5, 0.6) is 0 Å². The van der Waals surface area contributed by atoms with E-state index < -0.39 is 30.3 Å². The molecule has 7 heteroatoms. The van der Waals surface area contributed by atoms with Gasteiger partial charge in [0.1, 0.15) is 0 Å². The highest BCUT2D eigenvalue weighted by molar-refractivity contribution is 5.68. The normalized spacial score (nSPS) is 26.4. The smallest absolute Gasteiger partial charge is 0.305 e. The average molecular weight is 260 g/mol. The molecular formula is C11H16O7. The second-order valence-corrected chi connectivity index (χ2v) is 3.56. The lowest BCUT2D eigenvalue weighted by Gasteiger charge is -2.32. The van der Waals surface area contributed by atoms with E-state index in [0.717, 1.165) is 0 Å². The topological polar surface area (TPSA) is 80.3 Å². The van der Waals surface area contributed by atoms with Crippen molar-refractivity contribution >= 4 is 11.9 Å². The molecule has 0 aromatic heterocycles. The number of hydrogen-bond acceptors (Lipinski definition) is 7. The quantitative estimate of drug-likeness (QED) is 0.400. The van der Waals surface area contributed by atoms with Gasteiger partial charge < -0.3 is 23.7 Å². The minimum absolute atomic E-state index is 0.629. The molecule has 0 bridgehead atoms. The van der Waals surface area contributed by atoms with E-state index in [1.807, 2.05) is 0 Å². The van der Waals surface area contributed by atoms with E-state index in [4.69, 9.17) is 23.7 Å². The standard InChI is InChI=1S/C11H16O7/c1-7(12)16-10(17-8(2)13)11(15-4)6-5-9(14-3)18-11/h5-6,9-10H,1-4H3. The van der Waals surface area contributed by atoms with E-state index in [2.05, 4.69) is 0 Å². The maximum absolute atomic E-state index is 11.0. The minimum Gasteiger partial charge on any atom is -0.419 e. The predicted molar refractivity (Wildman–Crippen MR) is 58.1 cm³/mol. The lowest BCUT2D eigenvalue weighted by atomic mass is 10.2. The van der Waals surface area contributed by atoms with Crippen LogP contribution in [0, 0.1) is 0 Å². The summed E-state index contributed by atoms with van der Waals surface area (Å²) in [6, 6.07) is 0. The maximum Gasteiger partial charge on any atom is 0.305 e. The van der Waals surface area contributed by atoms with E-state index in [1.54, 1.807) is 6.08 Å². The number of carbonyl (C=O) groups is 2. The number of esters is 2. The van der Waals surface area contributed by atoms with Gasteiger partial charge >= 0.3 is 18.2 Å². The molecular weight excluding hydrogens is 244 g/mol. The van der Waals surface area contributed by atoms with Crippen LogP contribution in [0.25, 0.3) is 0 Å². The van der Waals surface area contributed by atoms with Crippen LogP contribution in [0.4, 0.5) is 0 Å². The molecule has 1 rings (SSSR count). The van der Waals surface area contributed by atoms with E-state index in [9.17, 15) is 9.59 Å². The molecule has 0 N–H and O–H groups in total. The monoisotopic (exact) mass is 260 g/mol. The van der Waals surface area contributed by atoms with Crippen LogP contribution in [0.2, 0.25) is 0 Å². The molecule has 1 aliphatic rings. The third kappa shape index (κ3) is 3.28. The minimum atomic E-state index is -1.50. The van der Waals surface area contributed by atoms with Crippen molar-refractivity contribution in [3.8, 4) is 0 Å². The highest BCUT2D eigenvalue weighted by atomic mass is 16.8. The van der Waals surface area contributed by atoms with Crippen LogP contribution in [-0.4, -0.2) is 44.5 Å². The molecule has 1 aliphatic heterocycles. The molecule has 0 fully saturated rings. The van der Waals surface area contributed by atoms with Gasteiger partial charge in [-0.15, -0.1) is 0 Å². The summed E-state index contributed by atoms with van der Waals surface area (Å²) >= 11 is 0. The van der Waals surface area contributed by atoms with Gasteiger partial charge in [0, 0.05) is 28.1 Å². The van der Waals surface area contributed by atoms with Gasteiger partial charge in [-0.3, -0.25) is 9.59 Å². The molecule has 2 atom stereocenters. The molecule has 102 valence electrons. The summed E-state index contributed by atoms with van der Waals surface area (Å²) in [5.74, 6) is -2.76. The van der Waals surface area contributed by atoms with Crippen molar-refractivity contribution in [2.24, 2.45) is 0 Å². The van der Waals surface area contributed by atoms with Gasteiger partial charge in [0.05, 0.1) is 0 Å². The molecule has 0 aromatic rings. The number of hydrogen-bond donors (Lipinski definition) is 0. The summed E-state index contributed by atoms with van der Waals surface area (Å²) in [5, 5.41) is 0. The number of carbonyl (C=O) groups excluding carboxylic acids is 2. The second-order valence-electron chi connectivity index (χ2n) is 3.56. The molecule has 2 unspecified atom stereocenters. The SMILES string of the molecule is COC1C=CC(OC)(C(OC(C)=O)OC(C)=O)O1. The molecule has 0 amide bonds. The summed E-state index contributed by atoms with van der Waals surface area (Å²) in [6.07, 6.45) is 1.02. The third-order valence-corrected chi connectivity index (χ3v) is 2.21. The van der Waals surface area contributed by atoms with Gasteiger partial charge in [0.2, 0.25) is 0 Å². The van der Waals surface area contributed by atoms with E-state index in [-0.39, 0.29) is 0 Å². The molecule has 1 heterocycles. The molecule has 7 nitrogen and oxygen atoms in total. The highest BCUT2D eigenvalue weighted by Gasteiger charge is 2.48. The van der Waals surface area contributed by atoms with E-state index >= 15 is 0 Å². The van der Waals surface area contributed by atoms with Crippen molar-refractivity contribution in [1.29, 1.82) is 0 Å². The van der Waals surface area contributed by atoms with Crippen LogP contribution in [0.3, 0.4) is 0 Å². The van der Waals surface area contributed by atoms with Crippen LogP contribution in [0.1, 0.15) is 13.8 Å². The first-order valence-corrected chi connectivity index (χ1v) is 5.23.